The summed E-state index contributed by atoms with van der Waals surface area (Å²) in [6, 6.07) is 0. The molecule has 4 nitrogen and oxygen atoms in total. The second kappa shape index (κ2) is 4.44. The molecule has 1 aliphatic carbocycles. The lowest BCUT2D eigenvalue weighted by Crippen LogP contribution is -2.29. The molecule has 0 saturated heterocycles. The van der Waals surface area contributed by atoms with Crippen molar-refractivity contribution >= 4 is 12.2 Å². The molecule has 0 fully saturated rings. The van der Waals surface area contributed by atoms with Gasteiger partial charge in [-0.05, 0) is 26.3 Å². The van der Waals surface area contributed by atoms with Crippen LogP contribution in [0.25, 0.3) is 0 Å². The van der Waals surface area contributed by atoms with Gasteiger partial charge in [0, 0.05) is 17.7 Å². The Kier molecular flexibility index (Phi) is 3.11. The third-order valence-electron chi connectivity index (χ3n) is 3.72. The molecule has 0 aromatic carbocycles. The van der Waals surface area contributed by atoms with E-state index >= 15 is 0 Å². The first-order valence-corrected chi connectivity index (χ1v) is 5.82. The number of hydrogen-bond donors (Lipinski definition) is 0. The molecular formula is C14H17NO3. The minimum absolute atomic E-state index is 0.250. The van der Waals surface area contributed by atoms with Crippen LogP contribution in [0.2, 0.25) is 0 Å². The SMILES string of the molecule is COC(=O)C1=C(OC)C=C2N=CC=C(C)C2(C)C1. The number of dihydropyridines is 1. The van der Waals surface area contributed by atoms with Crippen molar-refractivity contribution in [3.63, 3.8) is 0 Å². The summed E-state index contributed by atoms with van der Waals surface area (Å²) >= 11 is 0. The molecule has 1 unspecified atom stereocenters. The zero-order valence-electron chi connectivity index (χ0n) is 11.1. The van der Waals surface area contributed by atoms with Crippen molar-refractivity contribution in [1.82, 2.24) is 0 Å². The van der Waals surface area contributed by atoms with E-state index in [0.29, 0.717) is 17.8 Å². The number of nitrogens with zero attached hydrogens (tertiary/aromatic N) is 1. The second-order valence-electron chi connectivity index (χ2n) is 4.70. The van der Waals surface area contributed by atoms with Crippen molar-refractivity contribution in [3.8, 4) is 0 Å². The smallest absolute Gasteiger partial charge is 0.337 e. The van der Waals surface area contributed by atoms with E-state index in [1.54, 1.807) is 13.3 Å². The van der Waals surface area contributed by atoms with Crippen LogP contribution in [0.3, 0.4) is 0 Å². The molecule has 0 bridgehead atoms. The van der Waals surface area contributed by atoms with Crippen LogP contribution in [0.1, 0.15) is 20.3 Å². The van der Waals surface area contributed by atoms with Gasteiger partial charge in [-0.1, -0.05) is 5.57 Å². The number of carbonyl (C=O) groups excluding carboxylic acids is 1. The van der Waals surface area contributed by atoms with E-state index in [1.165, 1.54) is 12.7 Å². The maximum atomic E-state index is 11.8. The number of hydrogen-bond acceptors (Lipinski definition) is 4. The highest BCUT2D eigenvalue weighted by molar-refractivity contribution is 5.90. The molecule has 0 radical (unpaired) electrons. The molecule has 0 aromatic rings. The number of methoxy groups -OCH3 is 2. The van der Waals surface area contributed by atoms with Crippen molar-refractivity contribution < 1.29 is 14.3 Å². The van der Waals surface area contributed by atoms with Gasteiger partial charge >= 0.3 is 5.97 Å². The predicted molar refractivity (Wildman–Crippen MR) is 69.1 cm³/mol. The number of carbonyl (C=O) groups is 1. The van der Waals surface area contributed by atoms with Gasteiger partial charge < -0.3 is 9.47 Å². The molecule has 4 heteroatoms. The fraction of sp³-hybridized carbons (Fsp3) is 0.429. The number of ether oxygens (including phenoxy) is 2. The van der Waals surface area contributed by atoms with E-state index in [1.807, 2.05) is 19.1 Å². The highest BCUT2D eigenvalue weighted by atomic mass is 16.5. The van der Waals surface area contributed by atoms with E-state index in [0.717, 1.165) is 5.70 Å². The average molecular weight is 247 g/mol. The third kappa shape index (κ3) is 1.78. The van der Waals surface area contributed by atoms with E-state index in [9.17, 15) is 4.79 Å². The summed E-state index contributed by atoms with van der Waals surface area (Å²) in [4.78, 5) is 16.2. The molecule has 1 heterocycles. The number of allylic oxidation sites excluding steroid dienone is 3. The van der Waals surface area contributed by atoms with Gasteiger partial charge in [0.1, 0.15) is 5.76 Å². The molecule has 1 aliphatic heterocycles. The lowest BCUT2D eigenvalue weighted by Gasteiger charge is -2.36. The van der Waals surface area contributed by atoms with Crippen molar-refractivity contribution in [2.75, 3.05) is 14.2 Å². The van der Waals surface area contributed by atoms with Crippen molar-refractivity contribution in [2.24, 2.45) is 10.4 Å². The molecule has 96 valence electrons. The van der Waals surface area contributed by atoms with E-state index in [-0.39, 0.29) is 11.4 Å². The number of aliphatic imine (C=N–C) groups is 1. The first-order valence-electron chi connectivity index (χ1n) is 5.82. The van der Waals surface area contributed by atoms with E-state index < -0.39 is 0 Å². The highest BCUT2D eigenvalue weighted by Gasteiger charge is 2.39. The molecule has 2 aliphatic rings. The highest BCUT2D eigenvalue weighted by Crippen LogP contribution is 2.47. The zero-order valence-corrected chi connectivity index (χ0v) is 11.1. The van der Waals surface area contributed by atoms with Gasteiger partial charge in [0.25, 0.3) is 0 Å². The lowest BCUT2D eigenvalue weighted by atomic mass is 9.71. The summed E-state index contributed by atoms with van der Waals surface area (Å²) in [6.45, 7) is 4.13. The summed E-state index contributed by atoms with van der Waals surface area (Å²) in [6.07, 6.45) is 6.13. The zero-order chi connectivity index (χ0) is 13.3. The quantitative estimate of drug-likeness (QED) is 0.704. The Morgan fingerprint density at radius 3 is 2.78 bits per heavy atom. The molecule has 0 aromatic heterocycles. The van der Waals surface area contributed by atoms with Crippen molar-refractivity contribution in [3.05, 3.63) is 34.8 Å². The summed E-state index contributed by atoms with van der Waals surface area (Å²) in [7, 11) is 2.93. The van der Waals surface area contributed by atoms with Crippen LogP contribution in [0.5, 0.6) is 0 Å². The minimum Gasteiger partial charge on any atom is -0.496 e. The Labute approximate surface area is 107 Å². The number of rotatable bonds is 2. The van der Waals surface area contributed by atoms with E-state index in [2.05, 4.69) is 11.9 Å². The first-order chi connectivity index (χ1) is 8.52. The van der Waals surface area contributed by atoms with Crippen LogP contribution in [-0.2, 0) is 14.3 Å². The minimum atomic E-state index is -0.342. The summed E-state index contributed by atoms with van der Waals surface area (Å²) < 4.78 is 10.1. The predicted octanol–water partition coefficient (Wildman–Crippen LogP) is 2.38. The normalized spacial score (nSPS) is 26.2. The molecule has 0 spiro atoms. The van der Waals surface area contributed by atoms with Crippen LogP contribution in [0.4, 0.5) is 0 Å². The summed E-state index contributed by atoms with van der Waals surface area (Å²) in [5, 5.41) is 0. The van der Waals surface area contributed by atoms with Crippen LogP contribution >= 0.6 is 0 Å². The van der Waals surface area contributed by atoms with Gasteiger partial charge in [-0.15, -0.1) is 0 Å². The molecule has 0 amide bonds. The Balaban J connectivity index is 2.52. The number of esters is 1. The topological polar surface area (TPSA) is 47.9 Å². The molecule has 18 heavy (non-hydrogen) atoms. The van der Waals surface area contributed by atoms with Gasteiger partial charge in [0.05, 0.1) is 25.5 Å². The van der Waals surface area contributed by atoms with Gasteiger partial charge in [-0.25, -0.2) is 4.79 Å². The van der Waals surface area contributed by atoms with Crippen molar-refractivity contribution in [1.29, 1.82) is 0 Å². The van der Waals surface area contributed by atoms with Gasteiger partial charge in [-0.2, -0.15) is 0 Å². The Morgan fingerprint density at radius 2 is 2.17 bits per heavy atom. The monoisotopic (exact) mass is 247 g/mol. The van der Waals surface area contributed by atoms with Gasteiger partial charge in [-0.3, -0.25) is 4.99 Å². The fourth-order valence-electron chi connectivity index (χ4n) is 2.31. The van der Waals surface area contributed by atoms with Crippen LogP contribution in [-0.4, -0.2) is 26.4 Å². The van der Waals surface area contributed by atoms with Gasteiger partial charge in [0.2, 0.25) is 0 Å². The Morgan fingerprint density at radius 1 is 1.44 bits per heavy atom. The first kappa shape index (κ1) is 12.6. The molecular weight excluding hydrogens is 230 g/mol. The Hall–Kier alpha value is -1.84. The molecule has 1 atom stereocenters. The Bertz CT molecular complexity index is 511. The lowest BCUT2D eigenvalue weighted by molar-refractivity contribution is -0.136. The summed E-state index contributed by atoms with van der Waals surface area (Å²) in [5.74, 6) is 0.201. The van der Waals surface area contributed by atoms with Crippen molar-refractivity contribution in [2.45, 2.75) is 20.3 Å². The summed E-state index contributed by atoms with van der Waals surface area (Å²) in [5.41, 5.74) is 2.42. The fourth-order valence-corrected chi connectivity index (χ4v) is 2.31. The second-order valence-corrected chi connectivity index (χ2v) is 4.70. The van der Waals surface area contributed by atoms with Crippen LogP contribution in [0, 0.1) is 5.41 Å². The van der Waals surface area contributed by atoms with Gasteiger partial charge in [0.15, 0.2) is 0 Å². The maximum absolute atomic E-state index is 11.8. The average Bonchev–Trinajstić information content (AvgIpc) is 2.38. The molecule has 0 saturated carbocycles. The number of fused-ring (bicyclic) bond motifs is 1. The van der Waals surface area contributed by atoms with Crippen LogP contribution < -0.4 is 0 Å². The molecule has 2 rings (SSSR count). The van der Waals surface area contributed by atoms with Crippen LogP contribution in [0.15, 0.2) is 39.7 Å². The van der Waals surface area contributed by atoms with E-state index in [4.69, 9.17) is 9.47 Å². The molecule has 0 N–H and O–H groups in total. The third-order valence-corrected chi connectivity index (χ3v) is 3.72. The largest absolute Gasteiger partial charge is 0.496 e. The standard InChI is InChI=1S/C14H17NO3/c1-9-5-6-15-12-7-11(17-3)10(13(16)18-4)8-14(9,12)2/h5-7H,8H2,1-4H3. The maximum Gasteiger partial charge on any atom is 0.337 e.